The molecule has 0 saturated heterocycles. The number of alkyl halides is 3. The van der Waals surface area contributed by atoms with E-state index < -0.39 is 29.3 Å². The molecule has 192 valence electrons. The first-order valence-corrected chi connectivity index (χ1v) is 11.4. The van der Waals surface area contributed by atoms with Crippen LogP contribution in [0.4, 0.5) is 13.2 Å². The Balaban J connectivity index is 1.78. The van der Waals surface area contributed by atoms with Gasteiger partial charge in [0.2, 0.25) is 5.60 Å². The summed E-state index contributed by atoms with van der Waals surface area (Å²) < 4.78 is 52.7. The van der Waals surface area contributed by atoms with Crippen molar-refractivity contribution in [3.05, 3.63) is 88.0 Å². The summed E-state index contributed by atoms with van der Waals surface area (Å²) in [5, 5.41) is 10.8. The van der Waals surface area contributed by atoms with Gasteiger partial charge in [-0.25, -0.2) is 0 Å². The molecule has 0 aliphatic heterocycles. The van der Waals surface area contributed by atoms with Crippen molar-refractivity contribution in [1.82, 2.24) is 9.97 Å². The third-order valence-electron chi connectivity index (χ3n) is 6.11. The van der Waals surface area contributed by atoms with Crippen LogP contribution in [0.3, 0.4) is 0 Å². The van der Waals surface area contributed by atoms with Crippen LogP contribution in [-0.4, -0.2) is 34.3 Å². The second-order valence-corrected chi connectivity index (χ2v) is 8.89. The van der Waals surface area contributed by atoms with Gasteiger partial charge in [0.05, 0.1) is 24.9 Å². The maximum absolute atomic E-state index is 14.1. The van der Waals surface area contributed by atoms with Crippen molar-refractivity contribution in [3.8, 4) is 5.75 Å². The molecule has 2 aromatic carbocycles. The lowest BCUT2D eigenvalue weighted by molar-refractivity contribution is -0.276. The van der Waals surface area contributed by atoms with Gasteiger partial charge in [-0.3, -0.25) is 14.8 Å². The number of carbonyl (C=O) groups is 1. The van der Waals surface area contributed by atoms with Gasteiger partial charge >= 0.3 is 12.1 Å². The van der Waals surface area contributed by atoms with Gasteiger partial charge in [-0.1, -0.05) is 48.9 Å². The summed E-state index contributed by atoms with van der Waals surface area (Å²) >= 11 is 6.34. The number of rotatable bonds is 8. The minimum atomic E-state index is -5.04. The molecule has 3 unspecified atom stereocenters. The van der Waals surface area contributed by atoms with Gasteiger partial charge in [0.25, 0.3) is 0 Å². The number of methoxy groups -OCH3 is 1. The van der Waals surface area contributed by atoms with Crippen molar-refractivity contribution >= 4 is 17.6 Å². The van der Waals surface area contributed by atoms with Gasteiger partial charge in [0, 0.05) is 17.1 Å². The lowest BCUT2D eigenvalue weighted by Crippen LogP contribution is -2.47. The predicted octanol–water partition coefficient (Wildman–Crippen LogP) is 5.85. The van der Waals surface area contributed by atoms with Crippen molar-refractivity contribution in [2.45, 2.75) is 51.0 Å². The van der Waals surface area contributed by atoms with Crippen molar-refractivity contribution in [1.29, 1.82) is 0 Å². The van der Waals surface area contributed by atoms with Gasteiger partial charge < -0.3 is 14.6 Å². The quantitative estimate of drug-likeness (QED) is 0.374. The highest BCUT2D eigenvalue weighted by Gasteiger charge is 2.60. The Kier molecular flexibility index (Phi) is 8.26. The number of hydrogen-bond acceptors (Lipinski definition) is 6. The summed E-state index contributed by atoms with van der Waals surface area (Å²) in [6.45, 7) is 4.73. The topological polar surface area (TPSA) is 81.5 Å². The fourth-order valence-corrected chi connectivity index (χ4v) is 4.09. The van der Waals surface area contributed by atoms with Crippen LogP contribution in [0.2, 0.25) is 5.02 Å². The second kappa shape index (κ2) is 10.8. The Morgan fingerprint density at radius 3 is 2.28 bits per heavy atom. The molecule has 0 bridgehead atoms. The molecule has 0 amide bonds. The number of ether oxygens (including phenoxy) is 2. The number of aryl methyl sites for hydroxylation is 1. The highest BCUT2D eigenvalue weighted by atomic mass is 35.5. The molecule has 36 heavy (non-hydrogen) atoms. The number of aromatic nitrogens is 2. The molecule has 0 spiro atoms. The van der Waals surface area contributed by atoms with E-state index in [1.807, 2.05) is 0 Å². The fourth-order valence-electron chi connectivity index (χ4n) is 3.76. The van der Waals surface area contributed by atoms with Gasteiger partial charge in [-0.05, 0) is 42.7 Å². The molecular formula is C26H26ClF3N2O4. The van der Waals surface area contributed by atoms with Crippen LogP contribution < -0.4 is 4.74 Å². The molecule has 6 nitrogen and oxygen atoms in total. The summed E-state index contributed by atoms with van der Waals surface area (Å²) in [4.78, 5) is 19.3. The monoisotopic (exact) mass is 522 g/mol. The molecule has 0 saturated carbocycles. The van der Waals surface area contributed by atoms with Crippen LogP contribution in [0, 0.1) is 6.92 Å². The summed E-state index contributed by atoms with van der Waals surface area (Å²) in [6.07, 6.45) is -2.95. The molecule has 0 aliphatic carbocycles. The van der Waals surface area contributed by atoms with Crippen molar-refractivity contribution in [2.24, 2.45) is 0 Å². The lowest BCUT2D eigenvalue weighted by atomic mass is 9.80. The lowest BCUT2D eigenvalue weighted by Gasteiger charge is -2.35. The third-order valence-corrected chi connectivity index (χ3v) is 6.44. The standard InChI is InChI=1S/C26H26ClF3N2O4/c1-15-12-32-23(13-31-15)25(34,26(28,29)30)17(3)21-10-9-20(11-22(21)27)36-14-18-5-7-19(8-6-18)16(2)24(33)35-4/h5-13,16-17,34H,14H2,1-4H3. The molecule has 0 aliphatic rings. The van der Waals surface area contributed by atoms with Gasteiger partial charge in [0.1, 0.15) is 18.1 Å². The molecule has 1 aromatic heterocycles. The number of nitrogens with zero attached hydrogens (tertiary/aromatic N) is 2. The van der Waals surface area contributed by atoms with E-state index >= 15 is 0 Å². The Morgan fingerprint density at radius 2 is 1.75 bits per heavy atom. The maximum atomic E-state index is 14.1. The number of esters is 1. The van der Waals surface area contributed by atoms with E-state index in [-0.39, 0.29) is 23.2 Å². The Labute approximate surface area is 212 Å². The molecular weight excluding hydrogens is 497 g/mol. The van der Waals surface area contributed by atoms with E-state index in [9.17, 15) is 23.1 Å². The van der Waals surface area contributed by atoms with E-state index in [0.29, 0.717) is 11.4 Å². The molecule has 3 rings (SSSR count). The average molecular weight is 523 g/mol. The Morgan fingerprint density at radius 1 is 1.08 bits per heavy atom. The number of benzene rings is 2. The molecule has 0 radical (unpaired) electrons. The smallest absolute Gasteiger partial charge is 0.423 e. The molecule has 0 fully saturated rings. The summed E-state index contributed by atoms with van der Waals surface area (Å²) in [6, 6.07) is 11.5. The maximum Gasteiger partial charge on any atom is 0.423 e. The minimum absolute atomic E-state index is 0.00463. The minimum Gasteiger partial charge on any atom is -0.489 e. The summed E-state index contributed by atoms with van der Waals surface area (Å²) in [7, 11) is 1.33. The number of carbonyl (C=O) groups excluding carboxylic acids is 1. The van der Waals surface area contributed by atoms with E-state index in [4.69, 9.17) is 21.1 Å². The SMILES string of the molecule is COC(=O)C(C)c1ccc(COc2ccc(C(C)C(O)(c3cnc(C)cn3)C(F)(F)F)c(Cl)c2)cc1. The van der Waals surface area contributed by atoms with Crippen LogP contribution in [0.25, 0.3) is 0 Å². The highest BCUT2D eigenvalue weighted by molar-refractivity contribution is 6.31. The molecule has 1 heterocycles. The van der Waals surface area contributed by atoms with Crippen LogP contribution in [0.15, 0.2) is 54.9 Å². The first-order chi connectivity index (χ1) is 16.9. The van der Waals surface area contributed by atoms with Crippen LogP contribution in [-0.2, 0) is 21.7 Å². The second-order valence-electron chi connectivity index (χ2n) is 8.49. The average Bonchev–Trinajstić information content (AvgIpc) is 2.85. The molecule has 3 aromatic rings. The van der Waals surface area contributed by atoms with Crippen molar-refractivity contribution in [3.63, 3.8) is 0 Å². The van der Waals surface area contributed by atoms with Gasteiger partial charge in [-0.15, -0.1) is 0 Å². The molecule has 3 atom stereocenters. The zero-order valence-corrected chi connectivity index (χ0v) is 20.9. The first kappa shape index (κ1) is 27.4. The van der Waals surface area contributed by atoms with Gasteiger partial charge in [0.15, 0.2) is 0 Å². The number of aliphatic hydroxyl groups is 1. The highest BCUT2D eigenvalue weighted by Crippen LogP contribution is 2.49. The van der Waals surface area contributed by atoms with Crippen LogP contribution >= 0.6 is 11.6 Å². The first-order valence-electron chi connectivity index (χ1n) is 11.1. The van der Waals surface area contributed by atoms with Crippen molar-refractivity contribution in [2.75, 3.05) is 7.11 Å². The Bertz CT molecular complexity index is 1200. The molecule has 10 heteroatoms. The van der Waals surface area contributed by atoms with E-state index in [2.05, 4.69) is 9.97 Å². The van der Waals surface area contributed by atoms with Crippen molar-refractivity contribution < 1.29 is 32.5 Å². The van der Waals surface area contributed by atoms with Crippen LogP contribution in [0.1, 0.15) is 53.8 Å². The zero-order valence-electron chi connectivity index (χ0n) is 20.1. The summed E-state index contributed by atoms with van der Waals surface area (Å²) in [5.74, 6) is -1.89. The van der Waals surface area contributed by atoms with E-state index in [1.54, 1.807) is 38.1 Å². The van der Waals surface area contributed by atoms with E-state index in [0.717, 1.165) is 17.3 Å². The zero-order chi connectivity index (χ0) is 26.7. The normalized spacial score (nSPS) is 15.0. The van der Waals surface area contributed by atoms with Gasteiger partial charge in [-0.2, -0.15) is 13.2 Å². The number of halogens is 4. The third kappa shape index (κ3) is 5.63. The summed E-state index contributed by atoms with van der Waals surface area (Å²) in [5.41, 5.74) is -1.82. The fraction of sp³-hybridized carbons (Fsp3) is 0.346. The van der Waals surface area contributed by atoms with Crippen LogP contribution in [0.5, 0.6) is 5.75 Å². The Hall–Kier alpha value is -3.17. The molecule has 1 N–H and O–H groups in total. The van der Waals surface area contributed by atoms with E-state index in [1.165, 1.54) is 38.4 Å². The largest absolute Gasteiger partial charge is 0.489 e. The number of hydrogen-bond donors (Lipinski definition) is 1. The predicted molar refractivity (Wildman–Crippen MR) is 128 cm³/mol.